The van der Waals surface area contributed by atoms with E-state index in [9.17, 15) is 47.6 Å². The van der Waals surface area contributed by atoms with E-state index in [1.165, 1.54) is 48.3 Å². The first-order chi connectivity index (χ1) is 36.2. The van der Waals surface area contributed by atoms with Crippen LogP contribution in [0, 0.1) is 5.92 Å². The molecule has 2 saturated heterocycles. The standard InChI is InChI=1S/C49H55N9O15S2/c50-32-4-6-35(40(25-32)73-33-24-31-10-13-51-45(31)53-28-33)46(61)55-75(67,68)34-5-7-37(39(26-34)58(65)66)52-27-30-11-14-56(15-12-30)43(60)29-72-21-20-70-17-16-69-18-19-71-22-23-74-41-3-1-2-36-44(41)49(64)57(48(36)63)38-8-9-42(59)54-47(38)62/h1-7,10,13,24-26,28,30,38,52,65-66H,8-9,11-12,14-23,27,29,50H2,(H,51,53)(H,55,61)(H,54,59,62). The Morgan fingerprint density at radius 3 is 2.33 bits per heavy atom. The summed E-state index contributed by atoms with van der Waals surface area (Å²) in [4.78, 5) is 86.6. The van der Waals surface area contributed by atoms with Gasteiger partial charge in [0.15, 0.2) is 0 Å². The molecule has 0 bridgehead atoms. The molecule has 8 rings (SSSR count). The lowest BCUT2D eigenvalue weighted by Crippen LogP contribution is -2.54. The van der Waals surface area contributed by atoms with Crippen LogP contribution < -0.4 is 31.1 Å². The lowest BCUT2D eigenvalue weighted by Gasteiger charge is -2.32. The van der Waals surface area contributed by atoms with Crippen molar-refractivity contribution in [1.29, 1.82) is 0 Å². The molecule has 398 valence electrons. The molecule has 0 aliphatic carbocycles. The number of imide groups is 2. The van der Waals surface area contributed by atoms with E-state index in [0.29, 0.717) is 81.8 Å². The number of ether oxygens (including phenoxy) is 5. The fourth-order valence-corrected chi connectivity index (χ4v) is 10.4. The van der Waals surface area contributed by atoms with Gasteiger partial charge < -0.3 is 44.6 Å². The number of nitrogens with one attached hydrogen (secondary N) is 4. The zero-order valence-corrected chi connectivity index (χ0v) is 42.0. The van der Waals surface area contributed by atoms with Gasteiger partial charge in [-0.1, -0.05) is 6.07 Å². The summed E-state index contributed by atoms with van der Waals surface area (Å²) in [6.07, 6.45) is 4.56. The van der Waals surface area contributed by atoms with Gasteiger partial charge in [0.2, 0.25) is 17.7 Å². The number of aromatic amines is 1. The average Bonchev–Trinajstić information content (AvgIpc) is 3.97. The SMILES string of the molecule is Nc1ccc(C(=O)NS(=O)(=O)c2ccc(NCC3CCN(C(=O)COCCOCCOCCOCCSc4cccc5c4C(=O)N(C4CCC(=O)NC4=O)C5=O)CC3)c(N(O)O)c2)c(Oc2cnc3[nH]ccc3c2)c1. The first kappa shape index (κ1) is 54.1. The number of sulfonamides is 1. The van der Waals surface area contributed by atoms with Crippen molar-refractivity contribution in [3.63, 3.8) is 0 Å². The van der Waals surface area contributed by atoms with Crippen molar-refractivity contribution in [3.05, 3.63) is 95.8 Å². The number of rotatable bonds is 25. The van der Waals surface area contributed by atoms with Crippen LogP contribution in [0.2, 0.25) is 0 Å². The van der Waals surface area contributed by atoms with Crippen LogP contribution >= 0.6 is 11.8 Å². The molecule has 0 radical (unpaired) electrons. The molecule has 3 aromatic carbocycles. The Hall–Kier alpha value is -7.17. The number of carbonyl (C=O) groups is 6. The van der Waals surface area contributed by atoms with Gasteiger partial charge in [-0.15, -0.1) is 17.0 Å². The summed E-state index contributed by atoms with van der Waals surface area (Å²) in [6, 6.07) is 15.1. The molecule has 8 N–H and O–H groups in total. The number of fused-ring (bicyclic) bond motifs is 2. The molecular weight excluding hydrogens is 1020 g/mol. The number of nitrogen functional groups attached to an aromatic ring is 1. The summed E-state index contributed by atoms with van der Waals surface area (Å²) in [7, 11) is -4.55. The second-order valence-electron chi connectivity index (χ2n) is 17.4. The molecule has 3 aliphatic heterocycles. The van der Waals surface area contributed by atoms with Crippen LogP contribution in [0.5, 0.6) is 11.5 Å². The Morgan fingerprint density at radius 1 is 0.867 bits per heavy atom. The van der Waals surface area contributed by atoms with Gasteiger partial charge >= 0.3 is 0 Å². The number of carbonyl (C=O) groups excluding carboxylic acids is 6. The summed E-state index contributed by atoms with van der Waals surface area (Å²) < 4.78 is 57.1. The molecule has 2 aromatic heterocycles. The number of nitrogens with zero attached hydrogens (tertiary/aromatic N) is 4. The smallest absolute Gasteiger partial charge is 0.268 e. The van der Waals surface area contributed by atoms with Crippen molar-refractivity contribution in [2.45, 2.75) is 41.5 Å². The number of hydrogen-bond donors (Lipinski definition) is 7. The predicted octanol–water partition coefficient (Wildman–Crippen LogP) is 3.55. The highest BCUT2D eigenvalue weighted by Gasteiger charge is 2.45. The summed E-state index contributed by atoms with van der Waals surface area (Å²) >= 11 is 1.36. The maximum Gasteiger partial charge on any atom is 0.268 e. The number of anilines is 3. The quantitative estimate of drug-likeness (QED) is 0.0144. The fraction of sp³-hybridized carbons (Fsp3) is 0.367. The van der Waals surface area contributed by atoms with E-state index in [2.05, 4.69) is 20.6 Å². The van der Waals surface area contributed by atoms with E-state index in [1.54, 1.807) is 41.4 Å². The second kappa shape index (κ2) is 24.9. The Labute approximate surface area is 434 Å². The van der Waals surface area contributed by atoms with Gasteiger partial charge in [-0.2, -0.15) is 0 Å². The highest BCUT2D eigenvalue weighted by atomic mass is 32.2. The number of hydrogen-bond acceptors (Lipinski definition) is 20. The molecule has 5 heterocycles. The van der Waals surface area contributed by atoms with Gasteiger partial charge in [0, 0.05) is 60.0 Å². The largest absolute Gasteiger partial charge is 0.455 e. The highest BCUT2D eigenvalue weighted by Crippen LogP contribution is 2.35. The number of aromatic nitrogens is 2. The van der Waals surface area contributed by atoms with Gasteiger partial charge in [-0.05, 0) is 79.8 Å². The summed E-state index contributed by atoms with van der Waals surface area (Å²) in [5, 5.41) is 26.0. The van der Waals surface area contributed by atoms with Crippen LogP contribution in [-0.2, 0) is 43.4 Å². The van der Waals surface area contributed by atoms with Crippen molar-refractivity contribution in [1.82, 2.24) is 29.8 Å². The van der Waals surface area contributed by atoms with Crippen LogP contribution in [-0.4, -0.2) is 158 Å². The molecule has 0 saturated carbocycles. The molecule has 24 nitrogen and oxygen atoms in total. The maximum absolute atomic E-state index is 13.4. The number of likely N-dealkylation sites (tertiary alicyclic amines) is 1. The first-order valence-corrected chi connectivity index (χ1v) is 26.3. The summed E-state index contributed by atoms with van der Waals surface area (Å²) in [6.45, 7) is 3.32. The third-order valence-corrected chi connectivity index (χ3v) is 14.7. The number of amides is 6. The van der Waals surface area contributed by atoms with E-state index in [1.807, 2.05) is 4.72 Å². The monoisotopic (exact) mass is 1070 g/mol. The zero-order valence-electron chi connectivity index (χ0n) is 40.4. The molecule has 26 heteroatoms. The van der Waals surface area contributed by atoms with E-state index in [-0.39, 0.29) is 95.0 Å². The van der Waals surface area contributed by atoms with E-state index >= 15 is 0 Å². The third-order valence-electron chi connectivity index (χ3n) is 12.4. The second-order valence-corrected chi connectivity index (χ2v) is 20.2. The van der Waals surface area contributed by atoms with Crippen LogP contribution in [0.25, 0.3) is 11.0 Å². The molecule has 6 amide bonds. The molecule has 1 atom stereocenters. The Balaban J connectivity index is 0.671. The minimum Gasteiger partial charge on any atom is -0.455 e. The lowest BCUT2D eigenvalue weighted by molar-refractivity contribution is -0.138. The average molecular weight is 1070 g/mol. The van der Waals surface area contributed by atoms with Crippen LogP contribution in [0.3, 0.4) is 0 Å². The summed E-state index contributed by atoms with van der Waals surface area (Å²) in [5.41, 5.74) is 7.09. The fourth-order valence-electron chi connectivity index (χ4n) is 8.51. The molecule has 1 unspecified atom stereocenters. The number of benzene rings is 3. The Kier molecular flexibility index (Phi) is 18.0. The number of piperidine rings is 2. The van der Waals surface area contributed by atoms with Crippen molar-refractivity contribution in [2.75, 3.05) is 94.5 Å². The first-order valence-electron chi connectivity index (χ1n) is 23.9. The molecule has 2 fully saturated rings. The van der Waals surface area contributed by atoms with E-state index < -0.39 is 50.5 Å². The van der Waals surface area contributed by atoms with Gasteiger partial charge in [-0.3, -0.25) is 49.4 Å². The number of H-pyrrole nitrogens is 1. The van der Waals surface area contributed by atoms with Crippen LogP contribution in [0.15, 0.2) is 88.9 Å². The highest BCUT2D eigenvalue weighted by molar-refractivity contribution is 7.99. The maximum atomic E-state index is 13.4. The van der Waals surface area contributed by atoms with Gasteiger partial charge in [-0.25, -0.2) is 18.1 Å². The molecule has 3 aliphatic rings. The predicted molar refractivity (Wildman–Crippen MR) is 269 cm³/mol. The van der Waals surface area contributed by atoms with Crippen molar-refractivity contribution < 1.29 is 71.3 Å². The molecule has 5 aromatic rings. The lowest BCUT2D eigenvalue weighted by atomic mass is 9.96. The molecule has 0 spiro atoms. The zero-order chi connectivity index (χ0) is 53.1. The van der Waals surface area contributed by atoms with Gasteiger partial charge in [0.25, 0.3) is 27.7 Å². The Bertz CT molecular complexity index is 3040. The number of pyridine rings is 1. The van der Waals surface area contributed by atoms with Crippen molar-refractivity contribution in [3.8, 4) is 11.5 Å². The van der Waals surface area contributed by atoms with Crippen LogP contribution in [0.1, 0.15) is 56.8 Å². The number of thioether (sulfide) groups is 1. The number of nitrogens with two attached hydrogens (primary N) is 1. The van der Waals surface area contributed by atoms with Gasteiger partial charge in [0.1, 0.15) is 35.5 Å². The van der Waals surface area contributed by atoms with Gasteiger partial charge in [0.05, 0.1) is 79.7 Å². The Morgan fingerprint density at radius 2 is 1.60 bits per heavy atom. The van der Waals surface area contributed by atoms with Crippen molar-refractivity contribution in [2.24, 2.45) is 5.92 Å². The minimum atomic E-state index is -4.55. The normalized spacial score (nSPS) is 16.1. The molecule has 75 heavy (non-hydrogen) atoms. The van der Waals surface area contributed by atoms with Crippen molar-refractivity contribution >= 4 is 85.3 Å². The van der Waals surface area contributed by atoms with Crippen LogP contribution in [0.4, 0.5) is 17.1 Å². The van der Waals surface area contributed by atoms with E-state index in [0.717, 1.165) is 16.4 Å². The van der Waals surface area contributed by atoms with E-state index in [4.69, 9.17) is 29.4 Å². The molecular formula is C49H55N9O15S2. The summed E-state index contributed by atoms with van der Waals surface area (Å²) in [5.74, 6) is -2.53. The third kappa shape index (κ3) is 13.6. The minimum absolute atomic E-state index is 0.0193. The topological polar surface area (TPSA) is 324 Å².